The Kier molecular flexibility index (Phi) is 17.4. The summed E-state index contributed by atoms with van der Waals surface area (Å²) in [6.07, 6.45) is 20.4. The van der Waals surface area contributed by atoms with Crippen LogP contribution in [0.2, 0.25) is 0 Å². The fourth-order valence-corrected chi connectivity index (χ4v) is 8.20. The van der Waals surface area contributed by atoms with Gasteiger partial charge in [-0.15, -0.1) is 0 Å². The summed E-state index contributed by atoms with van der Waals surface area (Å²) in [4.78, 5) is 0. The van der Waals surface area contributed by atoms with Gasteiger partial charge in [0.15, 0.2) is 0 Å². The van der Waals surface area contributed by atoms with Crippen LogP contribution in [0, 0.1) is 0 Å². The zero-order chi connectivity index (χ0) is 17.2. The Morgan fingerprint density at radius 3 is 1.09 bits per heavy atom. The van der Waals surface area contributed by atoms with E-state index in [1.54, 1.807) is 23.0 Å². The van der Waals surface area contributed by atoms with E-state index in [4.69, 9.17) is 0 Å². The Hall–Kier alpha value is 0.350. The molecule has 23 heavy (non-hydrogen) atoms. The van der Waals surface area contributed by atoms with Crippen LogP contribution in [0.3, 0.4) is 0 Å². The lowest BCUT2D eigenvalue weighted by molar-refractivity contribution is 0.625. The van der Waals surface area contributed by atoms with E-state index in [9.17, 15) is 0 Å². The molecule has 0 aliphatic heterocycles. The molecule has 0 aromatic heterocycles. The molecule has 1 heteroatoms. The van der Waals surface area contributed by atoms with Gasteiger partial charge < -0.3 is 0 Å². The smallest absolute Gasteiger partial charge is 0.0228 e. The van der Waals surface area contributed by atoms with Crippen molar-refractivity contribution >= 4 is 10.0 Å². The van der Waals surface area contributed by atoms with Gasteiger partial charge in [-0.05, 0) is 48.7 Å². The van der Waals surface area contributed by atoms with Crippen LogP contribution < -0.4 is 0 Å². The maximum absolute atomic E-state index is 2.38. The average molecular weight is 345 g/mol. The van der Waals surface area contributed by atoms with Crippen molar-refractivity contribution in [3.63, 3.8) is 0 Å². The van der Waals surface area contributed by atoms with E-state index in [1.165, 1.54) is 89.9 Å². The third-order valence-corrected chi connectivity index (χ3v) is 9.84. The van der Waals surface area contributed by atoms with Crippen molar-refractivity contribution in [3.05, 3.63) is 0 Å². The second-order valence-corrected chi connectivity index (χ2v) is 11.7. The van der Waals surface area contributed by atoms with Gasteiger partial charge in [0.2, 0.25) is 0 Å². The van der Waals surface area contributed by atoms with Crippen molar-refractivity contribution in [2.24, 2.45) is 0 Å². The first-order valence-corrected chi connectivity index (χ1v) is 13.3. The van der Waals surface area contributed by atoms with Crippen LogP contribution in [0.15, 0.2) is 0 Å². The van der Waals surface area contributed by atoms with Crippen LogP contribution >= 0.6 is 10.0 Å². The maximum Gasteiger partial charge on any atom is -0.0228 e. The Bertz CT molecular complexity index is 216. The van der Waals surface area contributed by atoms with Gasteiger partial charge >= 0.3 is 0 Å². The molecule has 0 atom stereocenters. The molecule has 0 radical (unpaired) electrons. The molecule has 0 amide bonds. The summed E-state index contributed by atoms with van der Waals surface area (Å²) in [5.74, 6) is 6.38. The summed E-state index contributed by atoms with van der Waals surface area (Å²) < 4.78 is 0. The molecular weight excluding hydrogens is 296 g/mol. The van der Waals surface area contributed by atoms with Gasteiger partial charge in [0.25, 0.3) is 0 Å². The van der Waals surface area contributed by atoms with Crippen molar-refractivity contribution in [3.8, 4) is 0 Å². The lowest BCUT2D eigenvalue weighted by atomic mass is 10.1. The van der Waals surface area contributed by atoms with Crippen LogP contribution in [0.25, 0.3) is 0 Å². The largest absolute Gasteiger partial charge is 0.241 e. The van der Waals surface area contributed by atoms with E-state index in [1.807, 2.05) is 0 Å². The van der Waals surface area contributed by atoms with Gasteiger partial charge in [-0.25, -0.2) is 10.0 Å². The van der Waals surface area contributed by atoms with Crippen LogP contribution in [0.1, 0.15) is 118 Å². The van der Waals surface area contributed by atoms with Crippen LogP contribution in [0.5, 0.6) is 0 Å². The number of unbranched alkanes of at least 4 members (excludes halogenated alkanes) is 10. The normalized spacial score (nSPS) is 12.7. The molecule has 0 unspecified atom stereocenters. The lowest BCUT2D eigenvalue weighted by Gasteiger charge is -2.41. The standard InChI is InChI=1S/C22H48S/c1-5-9-13-15-16-18-22-23(19-11-7-3,20-12-8-4)21-17-14-10-6-2/h5-22H2,1-4H3. The molecule has 0 saturated carbocycles. The summed E-state index contributed by atoms with van der Waals surface area (Å²) in [5, 5.41) is 0. The van der Waals surface area contributed by atoms with E-state index < -0.39 is 0 Å². The fourth-order valence-electron chi connectivity index (χ4n) is 3.54. The predicted octanol–water partition coefficient (Wildman–Crippen LogP) is 8.33. The van der Waals surface area contributed by atoms with Gasteiger partial charge in [-0.2, -0.15) is 0 Å². The highest BCUT2D eigenvalue weighted by Gasteiger charge is 2.22. The molecule has 0 saturated heterocycles. The van der Waals surface area contributed by atoms with E-state index in [0.29, 0.717) is 0 Å². The molecule has 0 N–H and O–H groups in total. The van der Waals surface area contributed by atoms with Gasteiger partial charge in [0.1, 0.15) is 0 Å². The molecule has 0 aromatic carbocycles. The van der Waals surface area contributed by atoms with Gasteiger partial charge in [0, 0.05) is 0 Å². The van der Waals surface area contributed by atoms with E-state index in [2.05, 4.69) is 27.7 Å². The van der Waals surface area contributed by atoms with Crippen molar-refractivity contribution in [1.29, 1.82) is 0 Å². The molecule has 0 aliphatic carbocycles. The third-order valence-electron chi connectivity index (χ3n) is 5.22. The number of rotatable bonds is 18. The van der Waals surface area contributed by atoms with Gasteiger partial charge in [-0.3, -0.25) is 0 Å². The van der Waals surface area contributed by atoms with Crippen molar-refractivity contribution in [2.45, 2.75) is 118 Å². The summed E-state index contributed by atoms with van der Waals surface area (Å²) in [5.41, 5.74) is 0. The monoisotopic (exact) mass is 344 g/mol. The molecular formula is C22H48S. The topological polar surface area (TPSA) is 0 Å². The highest BCUT2D eigenvalue weighted by Crippen LogP contribution is 2.51. The molecule has 0 nitrogen and oxygen atoms in total. The van der Waals surface area contributed by atoms with E-state index >= 15 is 0 Å². The minimum absolute atomic E-state index is 0.294. The molecule has 0 bridgehead atoms. The Balaban J connectivity index is 4.37. The first-order chi connectivity index (χ1) is 11.2. The minimum Gasteiger partial charge on any atom is -0.241 e. The highest BCUT2D eigenvalue weighted by atomic mass is 32.3. The van der Waals surface area contributed by atoms with Crippen molar-refractivity contribution in [2.75, 3.05) is 23.0 Å². The first kappa shape index (κ1) is 23.4. The molecule has 0 heterocycles. The summed E-state index contributed by atoms with van der Waals surface area (Å²) in [7, 11) is -0.294. The average Bonchev–Trinajstić information content (AvgIpc) is 2.57. The molecule has 0 fully saturated rings. The second kappa shape index (κ2) is 17.2. The van der Waals surface area contributed by atoms with E-state index in [-0.39, 0.29) is 10.0 Å². The molecule has 0 rings (SSSR count). The number of hydrogen-bond donors (Lipinski definition) is 0. The van der Waals surface area contributed by atoms with Crippen LogP contribution in [0.4, 0.5) is 0 Å². The van der Waals surface area contributed by atoms with Crippen molar-refractivity contribution < 1.29 is 0 Å². The zero-order valence-electron chi connectivity index (χ0n) is 17.1. The fraction of sp³-hybridized carbons (Fsp3) is 1.00. The van der Waals surface area contributed by atoms with Crippen LogP contribution in [-0.2, 0) is 0 Å². The summed E-state index contributed by atoms with van der Waals surface area (Å²) in [6, 6.07) is 0. The molecule has 0 aliphatic rings. The van der Waals surface area contributed by atoms with Crippen molar-refractivity contribution in [1.82, 2.24) is 0 Å². The summed E-state index contributed by atoms with van der Waals surface area (Å²) >= 11 is 0. The lowest BCUT2D eigenvalue weighted by Crippen LogP contribution is -2.18. The van der Waals surface area contributed by atoms with Crippen LogP contribution in [-0.4, -0.2) is 23.0 Å². The highest BCUT2D eigenvalue weighted by molar-refractivity contribution is 8.33. The minimum atomic E-state index is -0.294. The zero-order valence-corrected chi connectivity index (χ0v) is 18.0. The van der Waals surface area contributed by atoms with E-state index in [0.717, 1.165) is 0 Å². The Morgan fingerprint density at radius 2 is 0.652 bits per heavy atom. The van der Waals surface area contributed by atoms with Gasteiger partial charge in [-0.1, -0.05) is 91.9 Å². The van der Waals surface area contributed by atoms with Gasteiger partial charge in [0.05, 0.1) is 0 Å². The SMILES string of the molecule is CCCCCCCCS(CCCC)(CCCC)CCCCCC. The predicted molar refractivity (Wildman–Crippen MR) is 114 cm³/mol. The molecule has 0 spiro atoms. The molecule has 142 valence electrons. The second-order valence-electron chi connectivity index (χ2n) is 7.58. The first-order valence-electron chi connectivity index (χ1n) is 11.0. The molecule has 0 aromatic rings. The quantitative estimate of drug-likeness (QED) is 0.219. The summed E-state index contributed by atoms with van der Waals surface area (Å²) in [6.45, 7) is 9.42. The third kappa shape index (κ3) is 13.3. The number of hydrogen-bond acceptors (Lipinski definition) is 0. The maximum atomic E-state index is 2.38. The Morgan fingerprint density at radius 1 is 0.348 bits per heavy atom. The Labute approximate surface area is 150 Å².